The second-order valence-corrected chi connectivity index (χ2v) is 19.4. The average Bonchev–Trinajstić information content (AvgIpc) is 3.89. The number of thiazole rings is 1. The number of carbonyl (C=O) groups is 4. The van der Waals surface area contributed by atoms with Crippen molar-refractivity contribution < 1.29 is 24.3 Å². The molecular formula is C49H74N8O5S. The highest BCUT2D eigenvalue weighted by atomic mass is 32.1. The van der Waals surface area contributed by atoms with Gasteiger partial charge in [-0.15, -0.1) is 11.3 Å². The van der Waals surface area contributed by atoms with E-state index in [1.807, 2.05) is 88.7 Å². The molecule has 346 valence electrons. The van der Waals surface area contributed by atoms with Crippen molar-refractivity contribution in [2.45, 2.75) is 143 Å². The molecule has 2 aliphatic heterocycles. The first-order valence-corrected chi connectivity index (χ1v) is 24.3. The van der Waals surface area contributed by atoms with E-state index in [2.05, 4.69) is 43.2 Å². The Hall–Kier alpha value is -4.37. The number of hydrazine groups is 1. The molecule has 0 unspecified atom stereocenters. The van der Waals surface area contributed by atoms with Gasteiger partial charge in [0, 0.05) is 63.4 Å². The topological polar surface area (TPSA) is 159 Å². The van der Waals surface area contributed by atoms with Gasteiger partial charge in [-0.05, 0) is 80.5 Å². The quantitative estimate of drug-likeness (QED) is 0.0493. The van der Waals surface area contributed by atoms with E-state index in [9.17, 15) is 24.3 Å². The Labute approximate surface area is 380 Å². The number of β-amino-alcohol motifs (C(OH)–C–C–N with tert-alkyl or cyclic N) is 1. The smallest absolute Gasteiger partial charge is 0.265 e. The van der Waals surface area contributed by atoms with Crippen LogP contribution in [-0.2, 0) is 14.4 Å². The SMILES string of the molecule is CCCCCCCNNC(=O)c1ccc(N2CCN(CCCCCCCC(=O)N[C@H](C(=O)N3C[C@H](O)C[C@H]3C(=O)N[C@@H](C)c3ccc(-c4scnc4C)cc3)C(C)(C)C)CC2)cc1. The number of hydrogen-bond acceptors (Lipinski definition) is 10. The van der Waals surface area contributed by atoms with Crippen LogP contribution in [0.3, 0.4) is 0 Å². The van der Waals surface area contributed by atoms with E-state index in [1.165, 1.54) is 30.6 Å². The van der Waals surface area contributed by atoms with Crippen LogP contribution in [0.1, 0.15) is 139 Å². The van der Waals surface area contributed by atoms with Crippen molar-refractivity contribution in [2.24, 2.45) is 5.41 Å². The number of carbonyl (C=O) groups excluding carboxylic acids is 4. The second-order valence-electron chi connectivity index (χ2n) is 18.6. The van der Waals surface area contributed by atoms with Crippen LogP contribution in [0.5, 0.6) is 0 Å². The number of aryl methyl sites for hydroxylation is 1. The van der Waals surface area contributed by atoms with E-state index in [4.69, 9.17) is 0 Å². The first-order chi connectivity index (χ1) is 30.2. The van der Waals surface area contributed by atoms with E-state index < -0.39 is 23.6 Å². The molecule has 63 heavy (non-hydrogen) atoms. The number of anilines is 1. The Kier molecular flexibility index (Phi) is 19.4. The highest BCUT2D eigenvalue weighted by Gasteiger charge is 2.44. The normalized spacial score (nSPS) is 18.0. The van der Waals surface area contributed by atoms with Crippen molar-refractivity contribution >= 4 is 40.7 Å². The van der Waals surface area contributed by atoms with Gasteiger partial charge in [0.2, 0.25) is 17.7 Å². The predicted molar refractivity (Wildman–Crippen MR) is 253 cm³/mol. The summed E-state index contributed by atoms with van der Waals surface area (Å²) in [6.45, 7) is 17.6. The van der Waals surface area contributed by atoms with Crippen molar-refractivity contribution in [2.75, 3.05) is 50.7 Å². The number of benzene rings is 2. The lowest BCUT2D eigenvalue weighted by Crippen LogP contribution is -2.57. The Bertz CT molecular complexity index is 1890. The Morgan fingerprint density at radius 2 is 1.52 bits per heavy atom. The predicted octanol–water partition coefficient (Wildman–Crippen LogP) is 7.16. The van der Waals surface area contributed by atoms with Crippen molar-refractivity contribution in [3.05, 3.63) is 70.9 Å². The molecule has 0 saturated carbocycles. The van der Waals surface area contributed by atoms with E-state index >= 15 is 0 Å². The summed E-state index contributed by atoms with van der Waals surface area (Å²) in [7, 11) is 0. The summed E-state index contributed by atoms with van der Waals surface area (Å²) in [5.41, 5.74) is 11.9. The third-order valence-corrected chi connectivity index (χ3v) is 13.4. The molecule has 5 rings (SSSR count). The molecule has 3 heterocycles. The van der Waals surface area contributed by atoms with Gasteiger partial charge in [-0.3, -0.25) is 29.5 Å². The number of amides is 4. The molecule has 4 atom stereocenters. The lowest BCUT2D eigenvalue weighted by Gasteiger charge is -2.36. The number of aromatic nitrogens is 1. The summed E-state index contributed by atoms with van der Waals surface area (Å²) in [6.07, 6.45) is 10.5. The number of nitrogens with zero attached hydrogens (tertiary/aromatic N) is 4. The number of unbranched alkanes of at least 4 members (excludes halogenated alkanes) is 8. The number of likely N-dealkylation sites (tertiary alicyclic amines) is 1. The van der Waals surface area contributed by atoms with Crippen molar-refractivity contribution in [1.82, 2.24) is 36.3 Å². The highest BCUT2D eigenvalue weighted by Crippen LogP contribution is 2.30. The molecule has 0 spiro atoms. The molecule has 2 saturated heterocycles. The number of piperazine rings is 1. The minimum Gasteiger partial charge on any atom is -0.391 e. The zero-order valence-electron chi connectivity index (χ0n) is 38.7. The van der Waals surface area contributed by atoms with Crippen LogP contribution in [0.2, 0.25) is 0 Å². The lowest BCUT2D eigenvalue weighted by molar-refractivity contribution is -0.144. The van der Waals surface area contributed by atoms with Crippen LogP contribution in [0, 0.1) is 12.3 Å². The maximum absolute atomic E-state index is 14.1. The maximum atomic E-state index is 14.1. The molecule has 3 aromatic rings. The largest absolute Gasteiger partial charge is 0.391 e. The van der Waals surface area contributed by atoms with Crippen LogP contribution in [0.25, 0.3) is 10.4 Å². The first kappa shape index (κ1) is 49.6. The third-order valence-electron chi connectivity index (χ3n) is 12.4. The van der Waals surface area contributed by atoms with Gasteiger partial charge in [0.1, 0.15) is 12.1 Å². The zero-order valence-corrected chi connectivity index (χ0v) is 39.5. The van der Waals surface area contributed by atoms with Crippen molar-refractivity contribution in [1.29, 1.82) is 0 Å². The monoisotopic (exact) mass is 887 g/mol. The molecule has 2 aliphatic rings. The van der Waals surface area contributed by atoms with Crippen LogP contribution in [0.15, 0.2) is 54.0 Å². The standard InChI is InChI=1S/C49H74N8O5S/c1-7-8-9-12-15-26-51-54-46(60)39-22-24-40(25-23-39)56-30-28-55(29-31-56)27-16-13-10-11-14-17-43(59)53-45(49(4,5)6)48(62)57-33-41(58)32-42(57)47(61)52-35(2)37-18-20-38(21-19-37)44-36(3)50-34-63-44/h18-25,34-35,41-42,45,51,58H,7-17,26-33H2,1-6H3,(H,52,61)(H,53,59)(H,54,60)/t35-,41+,42-,45+/m0/s1. The molecular weight excluding hydrogens is 813 g/mol. The summed E-state index contributed by atoms with van der Waals surface area (Å²) < 4.78 is 0. The van der Waals surface area contributed by atoms with Gasteiger partial charge in [0.15, 0.2) is 0 Å². The lowest BCUT2D eigenvalue weighted by atomic mass is 9.85. The molecule has 14 heteroatoms. The highest BCUT2D eigenvalue weighted by molar-refractivity contribution is 7.13. The third kappa shape index (κ3) is 15.1. The minimum atomic E-state index is -0.839. The van der Waals surface area contributed by atoms with E-state index in [-0.39, 0.29) is 42.6 Å². The Balaban J connectivity index is 0.967. The number of aliphatic hydroxyl groups excluding tert-OH is 1. The average molecular weight is 887 g/mol. The zero-order chi connectivity index (χ0) is 45.4. The first-order valence-electron chi connectivity index (χ1n) is 23.4. The molecule has 2 aromatic carbocycles. The summed E-state index contributed by atoms with van der Waals surface area (Å²) in [6, 6.07) is 13.9. The van der Waals surface area contributed by atoms with Crippen LogP contribution in [-0.4, -0.2) is 108 Å². The van der Waals surface area contributed by atoms with Gasteiger partial charge in [0.05, 0.1) is 28.2 Å². The number of hydrogen-bond donors (Lipinski definition) is 5. The molecule has 4 amide bonds. The number of rotatable bonds is 23. The van der Waals surface area contributed by atoms with Gasteiger partial charge in [-0.1, -0.05) is 96.9 Å². The molecule has 0 bridgehead atoms. The summed E-state index contributed by atoms with van der Waals surface area (Å²) >= 11 is 1.59. The van der Waals surface area contributed by atoms with Gasteiger partial charge < -0.3 is 25.5 Å². The number of aliphatic hydroxyl groups is 1. The summed E-state index contributed by atoms with van der Waals surface area (Å²) in [5, 5.41) is 16.7. The maximum Gasteiger partial charge on any atom is 0.265 e. The van der Waals surface area contributed by atoms with Gasteiger partial charge in [-0.25, -0.2) is 10.4 Å². The van der Waals surface area contributed by atoms with E-state index in [0.29, 0.717) is 12.0 Å². The van der Waals surface area contributed by atoms with Crippen molar-refractivity contribution in [3.8, 4) is 10.4 Å². The van der Waals surface area contributed by atoms with Gasteiger partial charge in [0.25, 0.3) is 5.91 Å². The molecule has 0 radical (unpaired) electrons. The molecule has 5 N–H and O–H groups in total. The minimum absolute atomic E-state index is 0.0408. The van der Waals surface area contributed by atoms with Crippen LogP contribution < -0.4 is 26.4 Å². The fourth-order valence-electron chi connectivity index (χ4n) is 8.49. The molecule has 0 aliphatic carbocycles. The summed E-state index contributed by atoms with van der Waals surface area (Å²) in [5.74, 6) is -0.948. The second kappa shape index (κ2) is 24.6. The van der Waals surface area contributed by atoms with Crippen LogP contribution in [0.4, 0.5) is 5.69 Å². The molecule has 13 nitrogen and oxygen atoms in total. The molecule has 2 fully saturated rings. The van der Waals surface area contributed by atoms with Crippen LogP contribution >= 0.6 is 11.3 Å². The fourth-order valence-corrected chi connectivity index (χ4v) is 9.30. The Morgan fingerprint density at radius 1 is 0.857 bits per heavy atom. The Morgan fingerprint density at radius 3 is 2.19 bits per heavy atom. The fraction of sp³-hybridized carbons (Fsp3) is 0.612. The molecule has 1 aromatic heterocycles. The van der Waals surface area contributed by atoms with Gasteiger partial charge >= 0.3 is 0 Å². The van der Waals surface area contributed by atoms with Crippen molar-refractivity contribution in [3.63, 3.8) is 0 Å². The van der Waals surface area contributed by atoms with E-state index in [0.717, 1.165) is 105 Å². The summed E-state index contributed by atoms with van der Waals surface area (Å²) in [4.78, 5) is 65.3. The van der Waals surface area contributed by atoms with E-state index in [1.54, 1.807) is 11.3 Å². The van der Waals surface area contributed by atoms with Gasteiger partial charge in [-0.2, -0.15) is 0 Å². The number of nitrogens with one attached hydrogen (secondary N) is 4.